The molecule has 1 aromatic carbocycles. The number of fused-ring (bicyclic) bond motifs is 1. The summed E-state index contributed by atoms with van der Waals surface area (Å²) in [4.78, 5) is 30.6. The maximum Gasteiger partial charge on any atom is 0.410 e. The second-order valence-corrected chi connectivity index (χ2v) is 8.40. The van der Waals surface area contributed by atoms with E-state index in [1.807, 2.05) is 24.3 Å². The van der Waals surface area contributed by atoms with Crippen LogP contribution in [0.4, 0.5) is 4.79 Å². The quantitative estimate of drug-likeness (QED) is 0.631. The topological polar surface area (TPSA) is 90.0 Å². The largest absolute Gasteiger partial charge is 0.490 e. The lowest BCUT2D eigenvalue weighted by Gasteiger charge is -2.32. The Hall–Kier alpha value is -3.10. The summed E-state index contributed by atoms with van der Waals surface area (Å²) < 4.78 is 16.5. The van der Waals surface area contributed by atoms with Gasteiger partial charge in [0.1, 0.15) is 24.2 Å². The number of amides is 2. The molecule has 2 aliphatic rings. The van der Waals surface area contributed by atoms with E-state index < -0.39 is 0 Å². The number of piperidine rings is 1. The molecule has 4 rings (SSSR count). The molecule has 2 amide bonds. The van der Waals surface area contributed by atoms with Crippen molar-refractivity contribution in [3.05, 3.63) is 64.4 Å². The van der Waals surface area contributed by atoms with Gasteiger partial charge in [-0.2, -0.15) is 0 Å². The van der Waals surface area contributed by atoms with Gasteiger partial charge < -0.3 is 24.4 Å². The lowest BCUT2D eigenvalue weighted by molar-refractivity contribution is 0.0911. The number of hydrogen-bond acceptors (Lipinski definition) is 6. The number of pyridine rings is 1. The third kappa shape index (κ3) is 5.83. The molecule has 0 saturated carbocycles. The number of ether oxygens (including phenoxy) is 3. The fourth-order valence-electron chi connectivity index (χ4n) is 3.89. The lowest BCUT2D eigenvalue weighted by Crippen LogP contribution is -2.44. The second kappa shape index (κ2) is 10.7. The third-order valence-electron chi connectivity index (χ3n) is 5.65. The van der Waals surface area contributed by atoms with Crippen molar-refractivity contribution < 1.29 is 23.8 Å². The van der Waals surface area contributed by atoms with Gasteiger partial charge in [-0.05, 0) is 17.7 Å². The van der Waals surface area contributed by atoms with Crippen molar-refractivity contribution in [2.75, 3.05) is 26.9 Å². The van der Waals surface area contributed by atoms with Crippen LogP contribution in [0.2, 0.25) is 5.02 Å². The molecule has 2 fully saturated rings. The third-order valence-corrected chi connectivity index (χ3v) is 5.90. The van der Waals surface area contributed by atoms with Crippen molar-refractivity contribution in [2.45, 2.75) is 31.5 Å². The monoisotopic (exact) mass is 471 g/mol. The van der Waals surface area contributed by atoms with E-state index in [2.05, 4.69) is 10.3 Å². The van der Waals surface area contributed by atoms with Gasteiger partial charge in [0.25, 0.3) is 5.91 Å². The first-order valence-electron chi connectivity index (χ1n) is 10.8. The van der Waals surface area contributed by atoms with E-state index in [1.54, 1.807) is 36.4 Å². The van der Waals surface area contributed by atoms with Gasteiger partial charge in [0, 0.05) is 55.9 Å². The van der Waals surface area contributed by atoms with Crippen LogP contribution >= 0.6 is 11.6 Å². The van der Waals surface area contributed by atoms with Crippen LogP contribution in [0.25, 0.3) is 6.08 Å². The Kier molecular flexibility index (Phi) is 7.47. The van der Waals surface area contributed by atoms with E-state index in [4.69, 9.17) is 25.8 Å². The highest BCUT2D eigenvalue weighted by Gasteiger charge is 2.39. The molecule has 9 heteroatoms. The molecule has 2 aliphatic heterocycles. The first kappa shape index (κ1) is 23.1. The molecule has 0 bridgehead atoms. The highest BCUT2D eigenvalue weighted by Crippen LogP contribution is 2.29. The zero-order valence-corrected chi connectivity index (χ0v) is 19.1. The Morgan fingerprint density at radius 1 is 1.36 bits per heavy atom. The summed E-state index contributed by atoms with van der Waals surface area (Å²) in [6, 6.07) is 8.96. The van der Waals surface area contributed by atoms with Crippen LogP contribution in [0.5, 0.6) is 5.75 Å². The fraction of sp³-hybridized carbons (Fsp3) is 0.375. The zero-order valence-electron chi connectivity index (χ0n) is 18.3. The number of carbonyl (C=O) groups is 2. The van der Waals surface area contributed by atoms with Gasteiger partial charge in [-0.3, -0.25) is 9.78 Å². The Balaban J connectivity index is 1.47. The Labute approximate surface area is 197 Å². The SMILES string of the molecule is COC/C=C/c1cnc(C(=O)NCc2ccc(Cl)cc2)cc1O[C@H]1CCN2C(=O)OC[C@@H]2C1. The average molecular weight is 472 g/mol. The van der Waals surface area contributed by atoms with Gasteiger partial charge in [-0.25, -0.2) is 4.79 Å². The van der Waals surface area contributed by atoms with Crippen molar-refractivity contribution in [1.29, 1.82) is 0 Å². The summed E-state index contributed by atoms with van der Waals surface area (Å²) in [5.41, 5.74) is 1.95. The summed E-state index contributed by atoms with van der Waals surface area (Å²) in [6.45, 7) is 1.77. The van der Waals surface area contributed by atoms with Crippen LogP contribution in [0.15, 0.2) is 42.6 Å². The number of nitrogens with one attached hydrogen (secondary N) is 1. The van der Waals surface area contributed by atoms with Gasteiger partial charge in [0.2, 0.25) is 0 Å². The molecular formula is C24H26ClN3O5. The van der Waals surface area contributed by atoms with Crippen molar-refractivity contribution in [2.24, 2.45) is 0 Å². The molecule has 2 aromatic rings. The van der Waals surface area contributed by atoms with E-state index >= 15 is 0 Å². The molecule has 0 spiro atoms. The maximum absolute atomic E-state index is 12.7. The van der Waals surface area contributed by atoms with Crippen molar-refractivity contribution in [1.82, 2.24) is 15.2 Å². The fourth-order valence-corrected chi connectivity index (χ4v) is 4.02. The first-order valence-corrected chi connectivity index (χ1v) is 11.2. The number of methoxy groups -OCH3 is 1. The van der Waals surface area contributed by atoms with E-state index in [9.17, 15) is 9.59 Å². The molecule has 2 saturated heterocycles. The molecule has 0 radical (unpaired) electrons. The minimum atomic E-state index is -0.299. The molecule has 1 aromatic heterocycles. The molecule has 174 valence electrons. The van der Waals surface area contributed by atoms with Gasteiger partial charge in [0.15, 0.2) is 0 Å². The summed E-state index contributed by atoms with van der Waals surface area (Å²) in [5.74, 6) is 0.268. The molecule has 0 unspecified atom stereocenters. The molecule has 1 N–H and O–H groups in total. The highest BCUT2D eigenvalue weighted by molar-refractivity contribution is 6.30. The first-order chi connectivity index (χ1) is 16.0. The summed E-state index contributed by atoms with van der Waals surface area (Å²) in [6.07, 6.45) is 6.35. The van der Waals surface area contributed by atoms with Gasteiger partial charge in [-0.15, -0.1) is 0 Å². The number of carbonyl (C=O) groups excluding carboxylic acids is 2. The highest BCUT2D eigenvalue weighted by atomic mass is 35.5. The van der Waals surface area contributed by atoms with Crippen LogP contribution in [0.1, 0.15) is 34.5 Å². The molecule has 3 heterocycles. The van der Waals surface area contributed by atoms with Crippen LogP contribution in [-0.2, 0) is 16.0 Å². The second-order valence-electron chi connectivity index (χ2n) is 7.96. The summed E-state index contributed by atoms with van der Waals surface area (Å²) >= 11 is 5.91. The predicted molar refractivity (Wildman–Crippen MR) is 123 cm³/mol. The van der Waals surface area contributed by atoms with E-state index in [1.165, 1.54) is 0 Å². The van der Waals surface area contributed by atoms with E-state index in [0.29, 0.717) is 49.9 Å². The van der Waals surface area contributed by atoms with Crippen LogP contribution in [0.3, 0.4) is 0 Å². The minimum Gasteiger partial charge on any atom is -0.490 e. The maximum atomic E-state index is 12.7. The Morgan fingerprint density at radius 2 is 2.18 bits per heavy atom. The van der Waals surface area contributed by atoms with Crippen LogP contribution in [-0.4, -0.2) is 60.9 Å². The van der Waals surface area contributed by atoms with Crippen LogP contribution < -0.4 is 10.1 Å². The number of cyclic esters (lactones) is 1. The molecule has 33 heavy (non-hydrogen) atoms. The van der Waals surface area contributed by atoms with Gasteiger partial charge in [0.05, 0.1) is 12.6 Å². The smallest absolute Gasteiger partial charge is 0.410 e. The Morgan fingerprint density at radius 3 is 2.97 bits per heavy atom. The molecule has 2 atom stereocenters. The molecule has 0 aliphatic carbocycles. The van der Waals surface area contributed by atoms with E-state index in [-0.39, 0.29) is 29.8 Å². The zero-order chi connectivity index (χ0) is 23.2. The normalized spacial score (nSPS) is 19.9. The van der Waals surface area contributed by atoms with Crippen molar-refractivity contribution in [3.63, 3.8) is 0 Å². The summed E-state index contributed by atoms with van der Waals surface area (Å²) in [7, 11) is 1.62. The average Bonchev–Trinajstić information content (AvgIpc) is 3.19. The van der Waals surface area contributed by atoms with Crippen LogP contribution in [0, 0.1) is 0 Å². The Bertz CT molecular complexity index is 1030. The predicted octanol–water partition coefficient (Wildman–Crippen LogP) is 3.69. The lowest BCUT2D eigenvalue weighted by atomic mass is 10.0. The minimum absolute atomic E-state index is 0.0210. The number of benzene rings is 1. The number of aromatic nitrogens is 1. The number of rotatable bonds is 8. The standard InChI is InChI=1S/C24H26ClN3O5/c1-31-10-2-3-17-14-26-21(23(29)27-13-16-4-6-18(25)7-5-16)12-22(17)33-20-8-9-28-19(11-20)15-32-24(28)30/h2-7,12,14,19-20H,8-11,13,15H2,1H3,(H,27,29)/b3-2+/t19-,20-/m0/s1. The summed E-state index contributed by atoms with van der Waals surface area (Å²) in [5, 5.41) is 3.52. The van der Waals surface area contributed by atoms with Crippen molar-refractivity contribution >= 4 is 29.7 Å². The van der Waals surface area contributed by atoms with Gasteiger partial charge in [-0.1, -0.05) is 35.9 Å². The van der Waals surface area contributed by atoms with E-state index in [0.717, 1.165) is 11.1 Å². The van der Waals surface area contributed by atoms with Gasteiger partial charge >= 0.3 is 6.09 Å². The molecule has 8 nitrogen and oxygen atoms in total. The molecular weight excluding hydrogens is 446 g/mol. The number of halogens is 1. The van der Waals surface area contributed by atoms with Crippen molar-refractivity contribution in [3.8, 4) is 5.75 Å². The number of nitrogens with zero attached hydrogens (tertiary/aromatic N) is 2. The number of hydrogen-bond donors (Lipinski definition) is 1.